The number of aryl methyl sites for hydroxylation is 1. The first-order valence-electron chi connectivity index (χ1n) is 7.01. The Labute approximate surface area is 144 Å². The fourth-order valence-electron chi connectivity index (χ4n) is 2.04. The van der Waals surface area contributed by atoms with Crippen LogP contribution < -0.4 is 10.6 Å². The predicted molar refractivity (Wildman–Crippen MR) is 93.0 cm³/mol. The minimum Gasteiger partial charge on any atom is -0.347 e. The maximum Gasteiger partial charge on any atom is 0.243 e. The van der Waals surface area contributed by atoms with Crippen LogP contribution in [-0.4, -0.2) is 18.4 Å². The average molecular weight is 351 g/mol. The van der Waals surface area contributed by atoms with E-state index in [2.05, 4.69) is 10.6 Å². The first-order chi connectivity index (χ1) is 10.9. The molecule has 2 rings (SSSR count). The molecular formula is C17H16Cl2N2O2. The second-order valence-electron chi connectivity index (χ2n) is 5.11. The van der Waals surface area contributed by atoms with E-state index in [4.69, 9.17) is 23.2 Å². The zero-order valence-corrected chi connectivity index (χ0v) is 14.0. The minimum atomic E-state index is -0.369. The second-order valence-corrected chi connectivity index (χ2v) is 5.96. The molecule has 2 N–H and O–H groups in total. The summed E-state index contributed by atoms with van der Waals surface area (Å²) in [6.07, 6.45) is 0.229. The van der Waals surface area contributed by atoms with Gasteiger partial charge in [-0.3, -0.25) is 9.59 Å². The zero-order valence-electron chi connectivity index (χ0n) is 12.5. The number of amides is 2. The summed E-state index contributed by atoms with van der Waals surface area (Å²) in [4.78, 5) is 23.7. The molecule has 0 aliphatic heterocycles. The molecule has 0 spiro atoms. The molecular weight excluding hydrogens is 335 g/mol. The van der Waals surface area contributed by atoms with Gasteiger partial charge in [0.25, 0.3) is 0 Å². The Morgan fingerprint density at radius 3 is 2.57 bits per heavy atom. The molecule has 0 heterocycles. The minimum absolute atomic E-state index is 0.131. The molecule has 0 aromatic heterocycles. The Kier molecular flexibility index (Phi) is 6.02. The summed E-state index contributed by atoms with van der Waals surface area (Å²) in [6, 6.07) is 12.4. The summed E-state index contributed by atoms with van der Waals surface area (Å²) in [7, 11) is 0. The van der Waals surface area contributed by atoms with Crippen molar-refractivity contribution in [2.24, 2.45) is 0 Å². The molecule has 0 atom stereocenters. The van der Waals surface area contributed by atoms with Crippen LogP contribution in [0.25, 0.3) is 0 Å². The van der Waals surface area contributed by atoms with E-state index in [9.17, 15) is 9.59 Å². The molecule has 120 valence electrons. The smallest absolute Gasteiger partial charge is 0.243 e. The van der Waals surface area contributed by atoms with Gasteiger partial charge in [-0.25, -0.2) is 0 Å². The van der Waals surface area contributed by atoms with E-state index in [-0.39, 0.29) is 24.8 Å². The van der Waals surface area contributed by atoms with Crippen molar-refractivity contribution in [3.8, 4) is 0 Å². The third-order valence-electron chi connectivity index (χ3n) is 3.10. The average Bonchev–Trinajstić information content (AvgIpc) is 2.49. The molecule has 0 aliphatic carbocycles. The molecule has 23 heavy (non-hydrogen) atoms. The van der Waals surface area contributed by atoms with Crippen LogP contribution in [0.4, 0.5) is 5.69 Å². The molecule has 0 unspecified atom stereocenters. The quantitative estimate of drug-likeness (QED) is 0.865. The van der Waals surface area contributed by atoms with E-state index >= 15 is 0 Å². The molecule has 0 bridgehead atoms. The highest BCUT2D eigenvalue weighted by atomic mass is 35.5. The molecule has 4 nitrogen and oxygen atoms in total. The number of carbonyl (C=O) groups is 2. The van der Waals surface area contributed by atoms with Crippen LogP contribution in [0.3, 0.4) is 0 Å². The van der Waals surface area contributed by atoms with Gasteiger partial charge in [0.05, 0.1) is 23.7 Å². The summed E-state index contributed by atoms with van der Waals surface area (Å²) < 4.78 is 0. The van der Waals surface area contributed by atoms with Gasteiger partial charge in [0.1, 0.15) is 0 Å². The fraction of sp³-hybridized carbons (Fsp3) is 0.176. The van der Waals surface area contributed by atoms with E-state index in [1.54, 1.807) is 18.2 Å². The molecule has 2 amide bonds. The van der Waals surface area contributed by atoms with Crippen molar-refractivity contribution < 1.29 is 9.59 Å². The summed E-state index contributed by atoms with van der Waals surface area (Å²) in [5, 5.41) is 6.04. The first-order valence-corrected chi connectivity index (χ1v) is 7.77. The number of anilines is 1. The van der Waals surface area contributed by atoms with Crippen molar-refractivity contribution in [2.45, 2.75) is 13.3 Å². The molecule has 6 heteroatoms. The highest BCUT2D eigenvalue weighted by Gasteiger charge is 2.09. The van der Waals surface area contributed by atoms with Crippen LogP contribution in [0, 0.1) is 6.92 Å². The number of rotatable bonds is 5. The Bertz CT molecular complexity index is 732. The van der Waals surface area contributed by atoms with Crippen LogP contribution >= 0.6 is 23.2 Å². The molecule has 2 aromatic rings. The van der Waals surface area contributed by atoms with Gasteiger partial charge in [0.15, 0.2) is 0 Å². The molecule has 2 aromatic carbocycles. The van der Waals surface area contributed by atoms with Gasteiger partial charge in [-0.1, -0.05) is 53.0 Å². The maximum absolute atomic E-state index is 11.9. The Morgan fingerprint density at radius 2 is 1.83 bits per heavy atom. The SMILES string of the molecule is Cc1cccc(CC(=O)NCC(=O)Nc2cc(Cl)ccc2Cl)c1. The number of hydrogen-bond donors (Lipinski definition) is 2. The van der Waals surface area contributed by atoms with Crippen molar-refractivity contribution in [3.05, 3.63) is 63.6 Å². The summed E-state index contributed by atoms with van der Waals surface area (Å²) in [5.74, 6) is -0.588. The molecule has 0 fully saturated rings. The van der Waals surface area contributed by atoms with E-state index in [0.29, 0.717) is 15.7 Å². The largest absolute Gasteiger partial charge is 0.347 e. The lowest BCUT2D eigenvalue weighted by atomic mass is 10.1. The number of halogens is 2. The molecule has 0 radical (unpaired) electrons. The van der Waals surface area contributed by atoms with Gasteiger partial charge in [-0.15, -0.1) is 0 Å². The second kappa shape index (κ2) is 7.99. The van der Waals surface area contributed by atoms with Gasteiger partial charge < -0.3 is 10.6 Å². The molecule has 0 saturated carbocycles. The standard InChI is InChI=1S/C17H16Cl2N2O2/c1-11-3-2-4-12(7-11)8-16(22)20-10-17(23)21-15-9-13(18)5-6-14(15)19/h2-7,9H,8,10H2,1H3,(H,20,22)(H,21,23). The summed E-state index contributed by atoms with van der Waals surface area (Å²) >= 11 is 11.8. The maximum atomic E-state index is 11.9. The van der Waals surface area contributed by atoms with Gasteiger partial charge >= 0.3 is 0 Å². The third kappa shape index (κ3) is 5.58. The highest BCUT2D eigenvalue weighted by Crippen LogP contribution is 2.25. The lowest BCUT2D eigenvalue weighted by Crippen LogP contribution is -2.33. The van der Waals surface area contributed by atoms with Gasteiger partial charge in [-0.05, 0) is 30.7 Å². The van der Waals surface area contributed by atoms with Gasteiger partial charge in [0.2, 0.25) is 11.8 Å². The monoisotopic (exact) mass is 350 g/mol. The van der Waals surface area contributed by atoms with Crippen LogP contribution in [0.1, 0.15) is 11.1 Å². The van der Waals surface area contributed by atoms with Crippen molar-refractivity contribution in [1.82, 2.24) is 5.32 Å². The number of carbonyl (C=O) groups excluding carboxylic acids is 2. The van der Waals surface area contributed by atoms with Gasteiger partial charge in [0, 0.05) is 5.02 Å². The lowest BCUT2D eigenvalue weighted by molar-refractivity contribution is -0.123. The number of hydrogen-bond acceptors (Lipinski definition) is 2. The first kappa shape index (κ1) is 17.3. The Balaban J connectivity index is 1.84. The Hall–Kier alpha value is -2.04. The predicted octanol–water partition coefficient (Wildman–Crippen LogP) is 3.60. The summed E-state index contributed by atoms with van der Waals surface area (Å²) in [5.41, 5.74) is 2.40. The number of nitrogens with one attached hydrogen (secondary N) is 2. The highest BCUT2D eigenvalue weighted by molar-refractivity contribution is 6.35. The summed E-state index contributed by atoms with van der Waals surface area (Å²) in [6.45, 7) is 1.83. The van der Waals surface area contributed by atoms with Crippen molar-refractivity contribution in [1.29, 1.82) is 0 Å². The lowest BCUT2D eigenvalue weighted by Gasteiger charge is -2.09. The van der Waals surface area contributed by atoms with Crippen LogP contribution in [0.15, 0.2) is 42.5 Å². The Morgan fingerprint density at radius 1 is 1.04 bits per heavy atom. The topological polar surface area (TPSA) is 58.2 Å². The van der Waals surface area contributed by atoms with E-state index in [0.717, 1.165) is 11.1 Å². The molecule has 0 aliphatic rings. The zero-order chi connectivity index (χ0) is 16.8. The third-order valence-corrected chi connectivity index (χ3v) is 3.66. The van der Waals surface area contributed by atoms with E-state index < -0.39 is 0 Å². The van der Waals surface area contributed by atoms with Crippen LogP contribution in [0.2, 0.25) is 10.0 Å². The van der Waals surface area contributed by atoms with Crippen molar-refractivity contribution in [3.63, 3.8) is 0 Å². The van der Waals surface area contributed by atoms with Crippen LogP contribution in [0.5, 0.6) is 0 Å². The van der Waals surface area contributed by atoms with E-state index in [1.807, 2.05) is 31.2 Å². The van der Waals surface area contributed by atoms with Crippen LogP contribution in [-0.2, 0) is 16.0 Å². The molecule has 0 saturated heterocycles. The van der Waals surface area contributed by atoms with E-state index in [1.165, 1.54) is 0 Å². The normalized spacial score (nSPS) is 10.2. The number of benzene rings is 2. The fourth-order valence-corrected chi connectivity index (χ4v) is 2.37. The van der Waals surface area contributed by atoms with Crippen molar-refractivity contribution in [2.75, 3.05) is 11.9 Å². The van der Waals surface area contributed by atoms with Crippen molar-refractivity contribution >= 4 is 40.7 Å². The van der Waals surface area contributed by atoms with Gasteiger partial charge in [-0.2, -0.15) is 0 Å².